The van der Waals surface area contributed by atoms with Gasteiger partial charge in [-0.2, -0.15) is 0 Å². The van der Waals surface area contributed by atoms with Crippen LogP contribution >= 0.6 is 24.0 Å². The molecule has 0 atom stereocenters. The van der Waals surface area contributed by atoms with Gasteiger partial charge in [0.1, 0.15) is 4.32 Å². The van der Waals surface area contributed by atoms with Crippen molar-refractivity contribution < 1.29 is 9.53 Å². The molecule has 0 aromatic rings. The number of thioether (sulfide) groups is 1. The molecule has 0 radical (unpaired) electrons. The second-order valence-corrected chi connectivity index (χ2v) is 2.85. The maximum absolute atomic E-state index is 9.83. The van der Waals surface area contributed by atoms with E-state index in [1.165, 1.54) is 18.9 Å². The van der Waals surface area contributed by atoms with Gasteiger partial charge in [0.05, 0.1) is 13.7 Å². The quantitative estimate of drug-likeness (QED) is 0.443. The van der Waals surface area contributed by atoms with E-state index in [0.717, 1.165) is 0 Å². The van der Waals surface area contributed by atoms with E-state index in [9.17, 15) is 4.79 Å². The summed E-state index contributed by atoms with van der Waals surface area (Å²) in [7, 11) is 1.30. The predicted octanol–water partition coefficient (Wildman–Crippen LogP) is -0.289. The molecule has 4 nitrogen and oxygen atoms in total. The molecule has 0 aromatic heterocycles. The monoisotopic (exact) mass is 196 g/mol. The summed E-state index contributed by atoms with van der Waals surface area (Å²) in [6.45, 7) is -0.0312. The molecular formula is C5H12N2O2S2. The predicted molar refractivity (Wildman–Crippen MR) is 51.4 cm³/mol. The first-order chi connectivity index (χ1) is 5.08. The molecule has 0 saturated carbocycles. The molecule has 4 N–H and O–H groups in total. The molecule has 0 bridgehead atoms. The normalized spacial score (nSPS) is 7.55. The number of rotatable bonds is 1. The highest BCUT2D eigenvalue weighted by atomic mass is 32.2. The molecule has 66 valence electrons. The number of ether oxygens (including phenoxy) is 1. The first-order valence-corrected chi connectivity index (χ1v) is 4.32. The van der Waals surface area contributed by atoms with Gasteiger partial charge < -0.3 is 16.2 Å². The first kappa shape index (κ1) is 13.3. The van der Waals surface area contributed by atoms with Crippen molar-refractivity contribution in [2.75, 3.05) is 19.9 Å². The van der Waals surface area contributed by atoms with Gasteiger partial charge in [-0.25, -0.2) is 0 Å². The third-order valence-corrected chi connectivity index (χ3v) is 1.50. The van der Waals surface area contributed by atoms with Crippen LogP contribution in [0.25, 0.3) is 0 Å². The van der Waals surface area contributed by atoms with E-state index >= 15 is 0 Å². The number of esters is 1. The van der Waals surface area contributed by atoms with E-state index in [1.54, 1.807) is 0 Å². The van der Waals surface area contributed by atoms with Gasteiger partial charge >= 0.3 is 5.97 Å². The number of carbonyl (C=O) groups is 1. The summed E-state index contributed by atoms with van der Waals surface area (Å²) in [5.74, 6) is -0.380. The molecule has 0 saturated heterocycles. The third kappa shape index (κ3) is 17.7. The summed E-state index contributed by atoms with van der Waals surface area (Å²) in [5.41, 5.74) is 9.79. The SMILES string of the molecule is COC(=O)CN.CSC(N)=S. The van der Waals surface area contributed by atoms with Gasteiger partial charge in [0.25, 0.3) is 0 Å². The number of hydrogen-bond donors (Lipinski definition) is 2. The molecule has 0 spiro atoms. The number of nitrogens with two attached hydrogens (primary N) is 2. The largest absolute Gasteiger partial charge is 0.468 e. The van der Waals surface area contributed by atoms with Crippen molar-refractivity contribution in [3.8, 4) is 0 Å². The zero-order valence-electron chi connectivity index (χ0n) is 6.49. The van der Waals surface area contributed by atoms with Crippen LogP contribution < -0.4 is 11.5 Å². The highest BCUT2D eigenvalue weighted by molar-refractivity contribution is 8.22. The van der Waals surface area contributed by atoms with Crippen LogP contribution in [-0.2, 0) is 9.53 Å². The topological polar surface area (TPSA) is 78.3 Å². The average Bonchev–Trinajstić information content (AvgIpc) is 2.04. The smallest absolute Gasteiger partial charge is 0.319 e. The average molecular weight is 196 g/mol. The lowest BCUT2D eigenvalue weighted by atomic mass is 10.7. The highest BCUT2D eigenvalue weighted by Crippen LogP contribution is 1.86. The zero-order chi connectivity index (χ0) is 9.28. The molecule has 0 fully saturated rings. The molecule has 0 aliphatic heterocycles. The number of thiocarbonyl (C=S) groups is 1. The Kier molecular flexibility index (Phi) is 11.7. The number of carbonyl (C=O) groups excluding carboxylic acids is 1. The standard InChI is InChI=1S/C3H7NO2.C2H5NS2/c1-6-3(5)2-4;1-5-2(3)4/h2,4H2,1H3;1H3,(H2,3,4). The Hall–Kier alpha value is -0.330. The third-order valence-electron chi connectivity index (χ3n) is 0.596. The first-order valence-electron chi connectivity index (χ1n) is 2.68. The molecule has 0 heterocycles. The van der Waals surface area contributed by atoms with Crippen molar-refractivity contribution in [3.05, 3.63) is 0 Å². The molecule has 6 heteroatoms. The molecule has 0 rings (SSSR count). The molecular weight excluding hydrogens is 184 g/mol. The molecule has 0 aromatic carbocycles. The van der Waals surface area contributed by atoms with E-state index < -0.39 is 0 Å². The van der Waals surface area contributed by atoms with Crippen molar-refractivity contribution in [1.29, 1.82) is 0 Å². The summed E-state index contributed by atoms with van der Waals surface area (Å²) in [5, 5.41) is 0. The minimum Gasteiger partial charge on any atom is -0.468 e. The van der Waals surface area contributed by atoms with Crippen LogP contribution in [0.4, 0.5) is 0 Å². The maximum atomic E-state index is 9.83. The summed E-state index contributed by atoms with van der Waals surface area (Å²) in [4.78, 5) is 9.83. The van der Waals surface area contributed by atoms with Gasteiger partial charge in [-0.05, 0) is 6.26 Å². The van der Waals surface area contributed by atoms with Gasteiger partial charge in [0, 0.05) is 0 Å². The van der Waals surface area contributed by atoms with Crippen molar-refractivity contribution in [3.63, 3.8) is 0 Å². The van der Waals surface area contributed by atoms with E-state index in [-0.39, 0.29) is 12.5 Å². The Bertz CT molecular complexity index is 124. The van der Waals surface area contributed by atoms with E-state index in [1.807, 2.05) is 6.26 Å². The van der Waals surface area contributed by atoms with E-state index in [0.29, 0.717) is 4.32 Å². The van der Waals surface area contributed by atoms with Crippen molar-refractivity contribution in [2.24, 2.45) is 11.5 Å². The number of methoxy groups -OCH3 is 1. The second-order valence-electron chi connectivity index (χ2n) is 1.30. The Balaban J connectivity index is 0. The van der Waals surface area contributed by atoms with Crippen LogP contribution in [-0.4, -0.2) is 30.2 Å². The van der Waals surface area contributed by atoms with Gasteiger partial charge in [0.15, 0.2) is 0 Å². The Morgan fingerprint density at radius 3 is 2.09 bits per heavy atom. The maximum Gasteiger partial charge on any atom is 0.319 e. The zero-order valence-corrected chi connectivity index (χ0v) is 8.13. The second kappa shape index (κ2) is 9.67. The minimum atomic E-state index is -0.380. The molecule has 11 heavy (non-hydrogen) atoms. The lowest BCUT2D eigenvalue weighted by molar-refractivity contribution is -0.138. The van der Waals surface area contributed by atoms with Crippen molar-refractivity contribution >= 4 is 34.3 Å². The molecule has 0 aliphatic carbocycles. The summed E-state index contributed by atoms with van der Waals surface area (Å²) >= 11 is 5.83. The van der Waals surface area contributed by atoms with Crippen LogP contribution in [0.1, 0.15) is 0 Å². The molecule has 0 amide bonds. The molecule has 0 unspecified atom stereocenters. The van der Waals surface area contributed by atoms with E-state index in [2.05, 4.69) is 17.0 Å². The Morgan fingerprint density at radius 1 is 1.73 bits per heavy atom. The highest BCUT2D eigenvalue weighted by Gasteiger charge is 1.87. The lowest BCUT2D eigenvalue weighted by Gasteiger charge is -1.87. The van der Waals surface area contributed by atoms with Crippen LogP contribution in [0.15, 0.2) is 0 Å². The summed E-state index contributed by atoms with van der Waals surface area (Å²) < 4.78 is 4.64. The van der Waals surface area contributed by atoms with Gasteiger partial charge in [0.2, 0.25) is 0 Å². The van der Waals surface area contributed by atoms with Gasteiger partial charge in [-0.1, -0.05) is 12.2 Å². The van der Waals surface area contributed by atoms with E-state index in [4.69, 9.17) is 11.5 Å². The van der Waals surface area contributed by atoms with Crippen LogP contribution in [0.5, 0.6) is 0 Å². The molecule has 0 aliphatic rings. The van der Waals surface area contributed by atoms with Crippen LogP contribution in [0.2, 0.25) is 0 Å². The van der Waals surface area contributed by atoms with Crippen LogP contribution in [0, 0.1) is 0 Å². The van der Waals surface area contributed by atoms with Crippen molar-refractivity contribution in [2.45, 2.75) is 0 Å². The van der Waals surface area contributed by atoms with Crippen molar-refractivity contribution in [1.82, 2.24) is 0 Å². The lowest BCUT2D eigenvalue weighted by Crippen LogP contribution is -2.14. The van der Waals surface area contributed by atoms with Crippen LogP contribution in [0.3, 0.4) is 0 Å². The Labute approximate surface area is 75.6 Å². The fraction of sp³-hybridized carbons (Fsp3) is 0.600. The minimum absolute atomic E-state index is 0.0312. The number of hydrogen-bond acceptors (Lipinski definition) is 5. The summed E-state index contributed by atoms with van der Waals surface area (Å²) in [6, 6.07) is 0. The Morgan fingerprint density at radius 2 is 2.09 bits per heavy atom. The van der Waals surface area contributed by atoms with Gasteiger partial charge in [-0.15, -0.1) is 11.8 Å². The fourth-order valence-electron chi connectivity index (χ4n) is 0.0833. The summed E-state index contributed by atoms with van der Waals surface area (Å²) in [6.07, 6.45) is 1.85. The fourth-order valence-corrected chi connectivity index (χ4v) is 0.0833. The van der Waals surface area contributed by atoms with Gasteiger partial charge in [-0.3, -0.25) is 4.79 Å².